The number of fused-ring (bicyclic) bond motifs is 4. The van der Waals surface area contributed by atoms with E-state index in [1.807, 2.05) is 67.6 Å². The van der Waals surface area contributed by atoms with Crippen LogP contribution in [0.5, 0.6) is 0 Å². The molecule has 0 aliphatic carbocycles. The van der Waals surface area contributed by atoms with Crippen molar-refractivity contribution in [1.82, 2.24) is 4.98 Å². The molecule has 0 saturated carbocycles. The summed E-state index contributed by atoms with van der Waals surface area (Å²) in [6.07, 6.45) is 1.63. The molecule has 0 spiro atoms. The first-order valence-electron chi connectivity index (χ1n) is 9.76. The number of furan rings is 1. The van der Waals surface area contributed by atoms with Crippen molar-refractivity contribution in [2.45, 2.75) is 13.3 Å². The number of ether oxygens (including phenoxy) is 1. The monoisotopic (exact) mass is 397 g/mol. The highest BCUT2D eigenvalue weighted by Crippen LogP contribution is 2.30. The lowest BCUT2D eigenvalue weighted by Gasteiger charge is -2.05. The number of esters is 1. The Morgan fingerprint density at radius 3 is 2.60 bits per heavy atom. The predicted molar refractivity (Wildman–Crippen MR) is 116 cm³/mol. The number of aromatic amines is 1. The van der Waals surface area contributed by atoms with Crippen LogP contribution in [0.3, 0.4) is 0 Å². The first kappa shape index (κ1) is 18.2. The van der Waals surface area contributed by atoms with Gasteiger partial charge in [-0.3, -0.25) is 9.59 Å². The smallest absolute Gasteiger partial charge is 0.310 e. The number of nitrogens with one attached hydrogen (secondary N) is 1. The lowest BCUT2D eigenvalue weighted by Crippen LogP contribution is -2.16. The number of benzene rings is 3. The van der Waals surface area contributed by atoms with Gasteiger partial charge in [0.15, 0.2) is 6.61 Å². The fourth-order valence-corrected chi connectivity index (χ4v) is 4.07. The molecule has 148 valence electrons. The van der Waals surface area contributed by atoms with Crippen LogP contribution >= 0.6 is 0 Å². The molecule has 5 heteroatoms. The third-order valence-corrected chi connectivity index (χ3v) is 5.41. The van der Waals surface area contributed by atoms with Gasteiger partial charge in [0.2, 0.25) is 5.78 Å². The molecule has 1 N–H and O–H groups in total. The maximum Gasteiger partial charge on any atom is 0.310 e. The molecular weight excluding hydrogens is 378 g/mol. The van der Waals surface area contributed by atoms with Crippen LogP contribution in [0.15, 0.2) is 71.3 Å². The molecule has 5 rings (SSSR count). The highest BCUT2D eigenvalue weighted by molar-refractivity contribution is 6.10. The maximum absolute atomic E-state index is 12.7. The summed E-state index contributed by atoms with van der Waals surface area (Å²) in [6, 6.07) is 19.4. The van der Waals surface area contributed by atoms with E-state index in [4.69, 9.17) is 9.15 Å². The van der Waals surface area contributed by atoms with Gasteiger partial charge in [-0.05, 0) is 29.8 Å². The van der Waals surface area contributed by atoms with Crippen LogP contribution in [0, 0.1) is 6.92 Å². The highest BCUT2D eigenvalue weighted by Gasteiger charge is 2.19. The summed E-state index contributed by atoms with van der Waals surface area (Å²) < 4.78 is 10.9. The molecule has 2 aromatic heterocycles. The van der Waals surface area contributed by atoms with Gasteiger partial charge in [-0.25, -0.2) is 0 Å². The van der Waals surface area contributed by atoms with E-state index < -0.39 is 5.97 Å². The molecule has 0 amide bonds. The molecule has 2 heterocycles. The zero-order chi connectivity index (χ0) is 20.7. The Labute approximate surface area is 172 Å². The van der Waals surface area contributed by atoms with Gasteiger partial charge in [-0.2, -0.15) is 0 Å². The topological polar surface area (TPSA) is 72.3 Å². The van der Waals surface area contributed by atoms with Gasteiger partial charge < -0.3 is 14.1 Å². The van der Waals surface area contributed by atoms with E-state index in [1.54, 1.807) is 6.26 Å². The van der Waals surface area contributed by atoms with Crippen LogP contribution in [-0.2, 0) is 16.0 Å². The van der Waals surface area contributed by atoms with E-state index in [0.717, 1.165) is 43.9 Å². The average Bonchev–Trinajstić information content (AvgIpc) is 3.32. The Morgan fingerprint density at radius 2 is 1.73 bits per heavy atom. The van der Waals surface area contributed by atoms with Crippen LogP contribution in [-0.4, -0.2) is 23.3 Å². The summed E-state index contributed by atoms with van der Waals surface area (Å²) in [5.41, 5.74) is 3.70. The number of carbonyl (C=O) groups is 2. The summed E-state index contributed by atoms with van der Waals surface area (Å²) >= 11 is 0. The van der Waals surface area contributed by atoms with E-state index in [2.05, 4.69) is 4.98 Å². The number of para-hydroxylation sites is 1. The van der Waals surface area contributed by atoms with E-state index in [0.29, 0.717) is 5.56 Å². The number of aromatic nitrogens is 1. The Balaban J connectivity index is 1.35. The highest BCUT2D eigenvalue weighted by atomic mass is 16.5. The second kappa shape index (κ2) is 7.19. The molecule has 0 unspecified atom stereocenters. The lowest BCUT2D eigenvalue weighted by molar-refractivity contribution is -0.141. The molecule has 5 nitrogen and oxygen atoms in total. The van der Waals surface area contributed by atoms with Gasteiger partial charge in [-0.1, -0.05) is 48.5 Å². The molecule has 30 heavy (non-hydrogen) atoms. The summed E-state index contributed by atoms with van der Waals surface area (Å²) in [4.78, 5) is 28.4. The standard InChI is InChI=1S/C25H19NO4/c1-15-24(19-8-4-5-9-20(19)26-15)21(27)14-30-23(28)12-17-13-29-22-11-10-16-6-2-3-7-18(16)25(17)22/h2-11,13,26H,12,14H2,1H3. The minimum atomic E-state index is -0.462. The fraction of sp³-hybridized carbons (Fsp3) is 0.120. The molecular formula is C25H19NO4. The zero-order valence-electron chi connectivity index (χ0n) is 16.4. The average molecular weight is 397 g/mol. The molecule has 0 saturated heterocycles. The number of rotatable bonds is 5. The van der Waals surface area contributed by atoms with Gasteiger partial charge in [0.05, 0.1) is 12.7 Å². The van der Waals surface area contributed by atoms with Crippen LogP contribution in [0.4, 0.5) is 0 Å². The van der Waals surface area contributed by atoms with E-state index in [-0.39, 0.29) is 18.8 Å². The van der Waals surface area contributed by atoms with Crippen LogP contribution in [0.25, 0.3) is 32.6 Å². The van der Waals surface area contributed by atoms with E-state index in [9.17, 15) is 9.59 Å². The molecule has 0 aliphatic heterocycles. The fourth-order valence-electron chi connectivity index (χ4n) is 4.07. The number of H-pyrrole nitrogens is 1. The Hall–Kier alpha value is -3.86. The quantitative estimate of drug-likeness (QED) is 0.321. The van der Waals surface area contributed by atoms with Crippen LogP contribution < -0.4 is 0 Å². The number of Topliss-reactive ketones (excluding diaryl/α,β-unsaturated/α-hetero) is 1. The molecule has 0 bridgehead atoms. The van der Waals surface area contributed by atoms with Gasteiger partial charge in [0.1, 0.15) is 5.58 Å². The third kappa shape index (κ3) is 3.05. The Bertz CT molecular complexity index is 1420. The van der Waals surface area contributed by atoms with Gasteiger partial charge >= 0.3 is 5.97 Å². The van der Waals surface area contributed by atoms with Crippen molar-refractivity contribution < 1.29 is 18.7 Å². The minimum absolute atomic E-state index is 0.0428. The van der Waals surface area contributed by atoms with Crippen LogP contribution in [0.1, 0.15) is 21.6 Å². The van der Waals surface area contributed by atoms with Crippen molar-refractivity contribution in [3.05, 3.63) is 83.7 Å². The normalized spacial score (nSPS) is 11.4. The summed E-state index contributed by atoms with van der Waals surface area (Å²) in [5, 5.41) is 3.84. The molecule has 5 aromatic rings. The predicted octanol–water partition coefficient (Wildman–Crippen LogP) is 5.34. The second-order valence-electron chi connectivity index (χ2n) is 7.35. The summed E-state index contributed by atoms with van der Waals surface area (Å²) in [6.45, 7) is 1.55. The maximum atomic E-state index is 12.7. The summed E-state index contributed by atoms with van der Waals surface area (Å²) in [7, 11) is 0. The number of hydrogen-bond acceptors (Lipinski definition) is 4. The zero-order valence-corrected chi connectivity index (χ0v) is 16.4. The van der Waals surface area contributed by atoms with Crippen molar-refractivity contribution in [2.24, 2.45) is 0 Å². The van der Waals surface area contributed by atoms with Crippen molar-refractivity contribution >= 4 is 44.4 Å². The SMILES string of the molecule is Cc1[nH]c2ccccc2c1C(=O)COC(=O)Cc1coc2ccc3ccccc3c12. The van der Waals surface area contributed by atoms with Gasteiger partial charge in [0, 0.05) is 33.1 Å². The molecule has 0 aliphatic rings. The van der Waals surface area contributed by atoms with Crippen molar-refractivity contribution in [3.63, 3.8) is 0 Å². The lowest BCUT2D eigenvalue weighted by atomic mass is 10.0. The largest absolute Gasteiger partial charge is 0.464 e. The van der Waals surface area contributed by atoms with Crippen molar-refractivity contribution in [3.8, 4) is 0 Å². The van der Waals surface area contributed by atoms with Gasteiger partial charge in [-0.15, -0.1) is 0 Å². The third-order valence-electron chi connectivity index (χ3n) is 5.41. The first-order chi connectivity index (χ1) is 14.6. The minimum Gasteiger partial charge on any atom is -0.464 e. The number of aryl methyl sites for hydroxylation is 1. The Kier molecular flexibility index (Phi) is 4.36. The number of ketones is 1. The van der Waals surface area contributed by atoms with E-state index >= 15 is 0 Å². The van der Waals surface area contributed by atoms with Crippen molar-refractivity contribution in [2.75, 3.05) is 6.61 Å². The Morgan fingerprint density at radius 1 is 0.967 bits per heavy atom. The number of carbonyl (C=O) groups excluding carboxylic acids is 2. The van der Waals surface area contributed by atoms with E-state index in [1.165, 1.54) is 0 Å². The number of hydrogen-bond donors (Lipinski definition) is 1. The molecule has 0 atom stereocenters. The van der Waals surface area contributed by atoms with Crippen LogP contribution in [0.2, 0.25) is 0 Å². The molecule has 0 fully saturated rings. The van der Waals surface area contributed by atoms with Gasteiger partial charge in [0.25, 0.3) is 0 Å². The second-order valence-corrected chi connectivity index (χ2v) is 7.35. The first-order valence-corrected chi connectivity index (χ1v) is 9.76. The molecule has 0 radical (unpaired) electrons. The van der Waals surface area contributed by atoms with Crippen molar-refractivity contribution in [1.29, 1.82) is 0 Å². The summed E-state index contributed by atoms with van der Waals surface area (Å²) in [5.74, 6) is -0.683. The molecule has 3 aromatic carbocycles.